The first-order valence-corrected chi connectivity index (χ1v) is 8.72. The molecule has 1 N–H and O–H groups in total. The number of likely N-dealkylation sites (tertiary alicyclic amines) is 1. The Kier molecular flexibility index (Phi) is 8.09. The normalized spacial score (nSPS) is 15.7. The Labute approximate surface area is 145 Å². The van der Waals surface area contributed by atoms with Gasteiger partial charge in [0.1, 0.15) is 0 Å². The van der Waals surface area contributed by atoms with E-state index in [9.17, 15) is 4.79 Å². The molecule has 1 amide bonds. The Morgan fingerprint density at radius 3 is 2.67 bits per heavy atom. The summed E-state index contributed by atoms with van der Waals surface area (Å²) in [4.78, 5) is 15.4. The summed E-state index contributed by atoms with van der Waals surface area (Å²) in [5, 5.41) is 3.29. The van der Waals surface area contributed by atoms with E-state index in [2.05, 4.69) is 40.3 Å². The van der Waals surface area contributed by atoms with E-state index in [-0.39, 0.29) is 18.3 Å². The predicted molar refractivity (Wildman–Crippen MR) is 95.5 cm³/mol. The van der Waals surface area contributed by atoms with Crippen molar-refractivity contribution in [3.8, 4) is 0 Å². The molecule has 1 saturated heterocycles. The Morgan fingerprint density at radius 1 is 1.43 bits per heavy atom. The molecular formula is C15H22BrClN2OS. The molecule has 3 nitrogen and oxygen atoms in total. The molecule has 0 aromatic heterocycles. The average molecular weight is 394 g/mol. The lowest BCUT2D eigenvalue weighted by molar-refractivity contribution is -0.129. The predicted octanol–water partition coefficient (Wildman–Crippen LogP) is 3.48. The largest absolute Gasteiger partial charge is 0.342 e. The summed E-state index contributed by atoms with van der Waals surface area (Å²) in [6, 6.07) is 6.76. The summed E-state index contributed by atoms with van der Waals surface area (Å²) in [5.41, 5.74) is 1.21. The topological polar surface area (TPSA) is 32.3 Å². The molecule has 0 bridgehead atoms. The summed E-state index contributed by atoms with van der Waals surface area (Å²) >= 11 is 5.10. The molecular weight excluding hydrogens is 372 g/mol. The lowest BCUT2D eigenvalue weighted by Gasteiger charge is -2.31. The van der Waals surface area contributed by atoms with Crippen molar-refractivity contribution in [2.75, 3.05) is 25.9 Å². The summed E-state index contributed by atoms with van der Waals surface area (Å²) < 4.78 is 1.08. The molecule has 2 rings (SSSR count). The number of halogens is 2. The van der Waals surface area contributed by atoms with E-state index < -0.39 is 0 Å². The number of piperidine rings is 1. The van der Waals surface area contributed by atoms with Gasteiger partial charge in [0.2, 0.25) is 5.91 Å². The zero-order valence-corrected chi connectivity index (χ0v) is 15.6. The van der Waals surface area contributed by atoms with Crippen molar-refractivity contribution in [1.29, 1.82) is 0 Å². The molecule has 0 radical (unpaired) electrons. The second-order valence-corrected chi connectivity index (χ2v) is 7.08. The van der Waals surface area contributed by atoms with E-state index in [4.69, 9.17) is 0 Å². The van der Waals surface area contributed by atoms with Crippen LogP contribution in [0.5, 0.6) is 0 Å². The van der Waals surface area contributed by atoms with Crippen LogP contribution in [0.25, 0.3) is 0 Å². The summed E-state index contributed by atoms with van der Waals surface area (Å²) in [6.07, 6.45) is 2.12. The minimum Gasteiger partial charge on any atom is -0.342 e. The SMILES string of the molecule is CNC1CCN(C(=O)CSc2ccc(Br)cc2C)CC1.Cl. The van der Waals surface area contributed by atoms with Gasteiger partial charge in [-0.1, -0.05) is 15.9 Å². The fraction of sp³-hybridized carbons (Fsp3) is 0.533. The number of benzene rings is 1. The van der Waals surface area contributed by atoms with Crippen molar-refractivity contribution in [1.82, 2.24) is 10.2 Å². The number of nitrogens with zero attached hydrogens (tertiary/aromatic N) is 1. The number of carbonyl (C=O) groups is 1. The molecule has 0 saturated carbocycles. The van der Waals surface area contributed by atoms with Crippen LogP contribution in [-0.2, 0) is 4.79 Å². The van der Waals surface area contributed by atoms with Gasteiger partial charge >= 0.3 is 0 Å². The molecule has 1 aromatic carbocycles. The highest BCUT2D eigenvalue weighted by Gasteiger charge is 2.21. The summed E-state index contributed by atoms with van der Waals surface area (Å²) in [5.74, 6) is 0.791. The van der Waals surface area contributed by atoms with Gasteiger partial charge in [-0.25, -0.2) is 0 Å². The van der Waals surface area contributed by atoms with Gasteiger partial charge in [-0.15, -0.1) is 24.2 Å². The van der Waals surface area contributed by atoms with E-state index >= 15 is 0 Å². The lowest BCUT2D eigenvalue weighted by Crippen LogP contribution is -2.44. The second kappa shape index (κ2) is 9.03. The number of carbonyl (C=O) groups excluding carboxylic acids is 1. The van der Waals surface area contributed by atoms with Crippen LogP contribution in [0.3, 0.4) is 0 Å². The molecule has 21 heavy (non-hydrogen) atoms. The van der Waals surface area contributed by atoms with E-state index in [1.54, 1.807) is 11.8 Å². The van der Waals surface area contributed by atoms with Crippen LogP contribution < -0.4 is 5.32 Å². The summed E-state index contributed by atoms with van der Waals surface area (Å²) in [7, 11) is 1.99. The minimum absolute atomic E-state index is 0. The van der Waals surface area contributed by atoms with E-state index in [0.29, 0.717) is 11.8 Å². The minimum atomic E-state index is 0. The van der Waals surface area contributed by atoms with Crippen molar-refractivity contribution >= 4 is 46.0 Å². The molecule has 0 atom stereocenters. The standard InChI is InChI=1S/C15H21BrN2OS.ClH/c1-11-9-12(16)3-4-14(11)20-10-15(19)18-7-5-13(17-2)6-8-18;/h3-4,9,13,17H,5-8,10H2,1-2H3;1H. The van der Waals surface area contributed by atoms with Crippen LogP contribution in [0.4, 0.5) is 0 Å². The van der Waals surface area contributed by atoms with Gasteiger partial charge in [0.05, 0.1) is 5.75 Å². The Balaban J connectivity index is 0.00000220. The van der Waals surface area contributed by atoms with Gasteiger partial charge in [-0.05, 0) is 50.6 Å². The van der Waals surface area contributed by atoms with E-state index in [0.717, 1.165) is 30.4 Å². The average Bonchev–Trinajstić information content (AvgIpc) is 2.46. The van der Waals surface area contributed by atoms with Crippen LogP contribution in [0.15, 0.2) is 27.6 Å². The third-order valence-corrected chi connectivity index (χ3v) is 5.40. The maximum absolute atomic E-state index is 12.2. The van der Waals surface area contributed by atoms with Crippen molar-refractivity contribution in [2.24, 2.45) is 0 Å². The van der Waals surface area contributed by atoms with Crippen molar-refractivity contribution in [2.45, 2.75) is 30.7 Å². The van der Waals surface area contributed by atoms with Crippen molar-refractivity contribution < 1.29 is 4.79 Å². The first-order valence-electron chi connectivity index (χ1n) is 6.94. The number of thioether (sulfide) groups is 1. The monoisotopic (exact) mass is 392 g/mol. The number of amides is 1. The first-order chi connectivity index (χ1) is 9.60. The van der Waals surface area contributed by atoms with Crippen molar-refractivity contribution in [3.05, 3.63) is 28.2 Å². The maximum Gasteiger partial charge on any atom is 0.232 e. The van der Waals surface area contributed by atoms with Gasteiger partial charge in [0.15, 0.2) is 0 Å². The Morgan fingerprint density at radius 2 is 2.10 bits per heavy atom. The molecule has 0 spiro atoms. The number of hydrogen-bond acceptors (Lipinski definition) is 3. The molecule has 0 unspecified atom stereocenters. The highest BCUT2D eigenvalue weighted by molar-refractivity contribution is 9.10. The molecule has 1 aromatic rings. The third kappa shape index (κ3) is 5.47. The molecule has 1 heterocycles. The van der Waals surface area contributed by atoms with E-state index in [1.807, 2.05) is 18.0 Å². The van der Waals surface area contributed by atoms with Crippen LogP contribution in [0.2, 0.25) is 0 Å². The molecule has 1 aliphatic rings. The first kappa shape index (κ1) is 18.8. The smallest absolute Gasteiger partial charge is 0.232 e. The second-order valence-electron chi connectivity index (χ2n) is 5.14. The van der Waals surface area contributed by atoms with Crippen LogP contribution >= 0.6 is 40.1 Å². The Hall–Kier alpha value is -0.230. The molecule has 0 aliphatic carbocycles. The highest BCUT2D eigenvalue weighted by atomic mass is 79.9. The molecule has 1 aliphatic heterocycles. The molecule has 118 valence electrons. The van der Waals surface area contributed by atoms with Gasteiger partial charge in [0, 0.05) is 28.5 Å². The number of hydrogen-bond donors (Lipinski definition) is 1. The summed E-state index contributed by atoms with van der Waals surface area (Å²) in [6.45, 7) is 3.84. The van der Waals surface area contributed by atoms with Gasteiger partial charge in [-0.2, -0.15) is 0 Å². The van der Waals surface area contributed by atoms with Crippen LogP contribution in [-0.4, -0.2) is 42.7 Å². The fourth-order valence-corrected chi connectivity index (χ4v) is 3.81. The zero-order chi connectivity index (χ0) is 14.5. The van der Waals surface area contributed by atoms with Crippen LogP contribution in [0.1, 0.15) is 18.4 Å². The number of nitrogens with one attached hydrogen (secondary N) is 1. The third-order valence-electron chi connectivity index (χ3n) is 3.74. The Bertz CT molecular complexity index is 479. The number of aryl methyl sites for hydroxylation is 1. The number of rotatable bonds is 4. The highest BCUT2D eigenvalue weighted by Crippen LogP contribution is 2.25. The van der Waals surface area contributed by atoms with Crippen LogP contribution in [0, 0.1) is 6.92 Å². The van der Waals surface area contributed by atoms with Gasteiger partial charge in [-0.3, -0.25) is 4.79 Å². The lowest BCUT2D eigenvalue weighted by atomic mass is 10.1. The van der Waals surface area contributed by atoms with Crippen molar-refractivity contribution in [3.63, 3.8) is 0 Å². The molecule has 6 heteroatoms. The zero-order valence-electron chi connectivity index (χ0n) is 12.4. The van der Waals surface area contributed by atoms with E-state index in [1.165, 1.54) is 10.5 Å². The van der Waals surface area contributed by atoms with Gasteiger partial charge < -0.3 is 10.2 Å². The quantitative estimate of drug-likeness (QED) is 0.795. The maximum atomic E-state index is 12.2. The fourth-order valence-electron chi connectivity index (χ4n) is 2.42. The molecule has 1 fully saturated rings. The van der Waals surface area contributed by atoms with Gasteiger partial charge in [0.25, 0.3) is 0 Å².